The van der Waals surface area contributed by atoms with Crippen molar-refractivity contribution in [1.29, 1.82) is 0 Å². The van der Waals surface area contributed by atoms with Gasteiger partial charge in [-0.25, -0.2) is 0 Å². The summed E-state index contributed by atoms with van der Waals surface area (Å²) in [7, 11) is 0. The fourth-order valence-corrected chi connectivity index (χ4v) is 2.51. The van der Waals surface area contributed by atoms with Crippen LogP contribution in [0.15, 0.2) is 59.5 Å². The summed E-state index contributed by atoms with van der Waals surface area (Å²) in [5.74, 6) is 0.647. The highest BCUT2D eigenvalue weighted by molar-refractivity contribution is 5.27. The van der Waals surface area contributed by atoms with Crippen LogP contribution in [-0.2, 0) is 6.54 Å². The lowest BCUT2D eigenvalue weighted by atomic mass is 10.1. The van der Waals surface area contributed by atoms with Crippen molar-refractivity contribution < 1.29 is 0 Å². The zero-order valence-electron chi connectivity index (χ0n) is 10.8. The number of hydrogen-bond acceptors (Lipinski definition) is 2. The summed E-state index contributed by atoms with van der Waals surface area (Å²) in [6.45, 7) is 1.58. The van der Waals surface area contributed by atoms with E-state index in [0.29, 0.717) is 12.0 Å². The van der Waals surface area contributed by atoms with Crippen molar-refractivity contribution in [2.75, 3.05) is 6.54 Å². The fraction of sp³-hybridized carbons (Fsp3) is 0.312. The molecule has 1 fully saturated rings. The van der Waals surface area contributed by atoms with E-state index in [0.717, 1.165) is 13.1 Å². The highest BCUT2D eigenvalue weighted by atomic mass is 16.1. The molecule has 0 spiro atoms. The van der Waals surface area contributed by atoms with Crippen LogP contribution in [0, 0.1) is 0 Å². The average Bonchev–Trinajstić information content (AvgIpc) is 3.22. The molecule has 1 saturated carbocycles. The van der Waals surface area contributed by atoms with Gasteiger partial charge < -0.3 is 9.88 Å². The van der Waals surface area contributed by atoms with E-state index in [1.165, 1.54) is 12.0 Å². The number of benzene rings is 1. The van der Waals surface area contributed by atoms with E-state index in [1.807, 2.05) is 12.3 Å². The lowest BCUT2D eigenvalue weighted by molar-refractivity contribution is 0.577. The molecule has 1 aromatic heterocycles. The standard InChI is InChI=1S/C16H18N2O/c19-16-8-4-5-10-18(16)11-9-17-15-12-14(15)13-6-2-1-3-7-13/h1-8,10,14-15,17H,9,11-12H2. The summed E-state index contributed by atoms with van der Waals surface area (Å²) in [6, 6.07) is 16.5. The number of pyridine rings is 1. The summed E-state index contributed by atoms with van der Waals surface area (Å²) in [6.07, 6.45) is 3.04. The van der Waals surface area contributed by atoms with Crippen molar-refractivity contribution in [3.8, 4) is 0 Å². The quantitative estimate of drug-likeness (QED) is 0.885. The van der Waals surface area contributed by atoms with Gasteiger partial charge in [0.05, 0.1) is 0 Å². The lowest BCUT2D eigenvalue weighted by Gasteiger charge is -2.06. The summed E-state index contributed by atoms with van der Waals surface area (Å²) < 4.78 is 1.74. The summed E-state index contributed by atoms with van der Waals surface area (Å²) in [4.78, 5) is 11.5. The maximum atomic E-state index is 11.5. The van der Waals surface area contributed by atoms with E-state index in [2.05, 4.69) is 35.6 Å². The van der Waals surface area contributed by atoms with E-state index in [1.54, 1.807) is 16.7 Å². The van der Waals surface area contributed by atoms with Gasteiger partial charge in [0.15, 0.2) is 0 Å². The second-order valence-electron chi connectivity index (χ2n) is 5.05. The molecule has 2 aromatic rings. The number of nitrogens with one attached hydrogen (secondary N) is 1. The minimum atomic E-state index is 0.0692. The third-order valence-corrected chi connectivity index (χ3v) is 3.68. The van der Waals surface area contributed by atoms with Crippen molar-refractivity contribution in [2.24, 2.45) is 0 Å². The molecule has 98 valence electrons. The van der Waals surface area contributed by atoms with Crippen molar-refractivity contribution >= 4 is 0 Å². The summed E-state index contributed by atoms with van der Waals surface area (Å²) in [5, 5.41) is 3.52. The van der Waals surface area contributed by atoms with Crippen molar-refractivity contribution in [3.63, 3.8) is 0 Å². The second kappa shape index (κ2) is 5.41. The summed E-state index contributed by atoms with van der Waals surface area (Å²) in [5.41, 5.74) is 1.48. The molecule has 0 aliphatic heterocycles. The Kier molecular flexibility index (Phi) is 3.47. The third kappa shape index (κ3) is 2.93. The Morgan fingerprint density at radius 2 is 1.89 bits per heavy atom. The van der Waals surface area contributed by atoms with Crippen molar-refractivity contribution in [1.82, 2.24) is 9.88 Å². The molecule has 3 rings (SSSR count). The second-order valence-corrected chi connectivity index (χ2v) is 5.05. The van der Waals surface area contributed by atoms with Crippen LogP contribution < -0.4 is 10.9 Å². The van der Waals surface area contributed by atoms with Crippen LogP contribution in [0.5, 0.6) is 0 Å². The van der Waals surface area contributed by atoms with E-state index < -0.39 is 0 Å². The van der Waals surface area contributed by atoms with Crippen LogP contribution >= 0.6 is 0 Å². The average molecular weight is 254 g/mol. The van der Waals surface area contributed by atoms with E-state index in [-0.39, 0.29) is 5.56 Å². The van der Waals surface area contributed by atoms with Crippen LogP contribution in [0.2, 0.25) is 0 Å². The Morgan fingerprint density at radius 1 is 1.11 bits per heavy atom. The summed E-state index contributed by atoms with van der Waals surface area (Å²) >= 11 is 0. The Morgan fingerprint density at radius 3 is 2.68 bits per heavy atom. The van der Waals surface area contributed by atoms with Crippen LogP contribution in [0.25, 0.3) is 0 Å². The molecule has 1 aliphatic carbocycles. The molecule has 1 aliphatic rings. The highest BCUT2D eigenvalue weighted by Crippen LogP contribution is 2.40. The van der Waals surface area contributed by atoms with Crippen LogP contribution in [0.4, 0.5) is 0 Å². The maximum absolute atomic E-state index is 11.5. The maximum Gasteiger partial charge on any atom is 0.250 e. The number of hydrogen-bond donors (Lipinski definition) is 1. The minimum absolute atomic E-state index is 0.0692. The molecule has 19 heavy (non-hydrogen) atoms. The van der Waals surface area contributed by atoms with Crippen LogP contribution in [-0.4, -0.2) is 17.2 Å². The van der Waals surface area contributed by atoms with Crippen molar-refractivity contribution in [3.05, 3.63) is 70.6 Å². The zero-order valence-corrected chi connectivity index (χ0v) is 10.8. The Bertz CT molecular complexity index is 591. The first-order valence-electron chi connectivity index (χ1n) is 6.78. The van der Waals surface area contributed by atoms with E-state index in [4.69, 9.17) is 0 Å². The normalized spacial score (nSPS) is 21.3. The first-order chi connectivity index (χ1) is 9.34. The molecule has 3 nitrogen and oxygen atoms in total. The molecular formula is C16H18N2O. The van der Waals surface area contributed by atoms with Gasteiger partial charge in [0, 0.05) is 37.3 Å². The number of nitrogens with zero attached hydrogens (tertiary/aromatic N) is 1. The molecular weight excluding hydrogens is 236 g/mol. The number of rotatable bonds is 5. The molecule has 0 saturated heterocycles. The Labute approximate surface area is 112 Å². The molecule has 1 aromatic carbocycles. The van der Waals surface area contributed by atoms with Crippen LogP contribution in [0.1, 0.15) is 17.9 Å². The molecule has 0 amide bonds. The predicted octanol–water partition coefficient (Wildman–Crippen LogP) is 1.99. The van der Waals surface area contributed by atoms with Gasteiger partial charge in [-0.2, -0.15) is 0 Å². The highest BCUT2D eigenvalue weighted by Gasteiger charge is 2.37. The molecule has 3 heteroatoms. The fourth-order valence-electron chi connectivity index (χ4n) is 2.51. The zero-order chi connectivity index (χ0) is 13.1. The SMILES string of the molecule is O=c1ccccn1CCNC1CC1c1ccccc1. The molecule has 0 bridgehead atoms. The lowest BCUT2D eigenvalue weighted by Crippen LogP contribution is -2.27. The Hall–Kier alpha value is -1.87. The molecule has 2 atom stereocenters. The first kappa shape index (κ1) is 12.2. The van der Waals surface area contributed by atoms with Gasteiger partial charge in [0.1, 0.15) is 0 Å². The van der Waals surface area contributed by atoms with Gasteiger partial charge in [-0.15, -0.1) is 0 Å². The van der Waals surface area contributed by atoms with Crippen molar-refractivity contribution in [2.45, 2.75) is 24.9 Å². The largest absolute Gasteiger partial charge is 0.314 e. The number of aromatic nitrogens is 1. The van der Waals surface area contributed by atoms with Gasteiger partial charge in [-0.3, -0.25) is 4.79 Å². The van der Waals surface area contributed by atoms with Gasteiger partial charge in [0.25, 0.3) is 5.56 Å². The molecule has 1 N–H and O–H groups in total. The monoisotopic (exact) mass is 254 g/mol. The van der Waals surface area contributed by atoms with Gasteiger partial charge in [-0.1, -0.05) is 36.4 Å². The van der Waals surface area contributed by atoms with E-state index >= 15 is 0 Å². The minimum Gasteiger partial charge on any atom is -0.314 e. The third-order valence-electron chi connectivity index (χ3n) is 3.68. The van der Waals surface area contributed by atoms with Crippen LogP contribution in [0.3, 0.4) is 0 Å². The van der Waals surface area contributed by atoms with Gasteiger partial charge >= 0.3 is 0 Å². The van der Waals surface area contributed by atoms with Gasteiger partial charge in [-0.05, 0) is 18.1 Å². The smallest absolute Gasteiger partial charge is 0.250 e. The predicted molar refractivity (Wildman–Crippen MR) is 76.3 cm³/mol. The molecule has 1 heterocycles. The first-order valence-corrected chi connectivity index (χ1v) is 6.78. The van der Waals surface area contributed by atoms with Gasteiger partial charge in [0.2, 0.25) is 0 Å². The molecule has 2 unspecified atom stereocenters. The molecule has 0 radical (unpaired) electrons. The topological polar surface area (TPSA) is 34.0 Å². The Balaban J connectivity index is 1.48. The van der Waals surface area contributed by atoms with E-state index in [9.17, 15) is 4.79 Å².